The van der Waals surface area contributed by atoms with Crippen LogP contribution in [0.3, 0.4) is 0 Å². The van der Waals surface area contributed by atoms with E-state index in [1.54, 1.807) is 5.38 Å². The molecule has 0 bridgehead atoms. The van der Waals surface area contributed by atoms with Crippen LogP contribution < -0.4 is 10.6 Å². The first-order valence-corrected chi connectivity index (χ1v) is 13.0. The number of hydrogen-bond donors (Lipinski definition) is 2. The molecular formula is C24H34N8OS. The van der Waals surface area contributed by atoms with Gasteiger partial charge in [0.15, 0.2) is 5.13 Å². The van der Waals surface area contributed by atoms with E-state index in [-0.39, 0.29) is 17.9 Å². The molecule has 2 aliphatic heterocycles. The van der Waals surface area contributed by atoms with Gasteiger partial charge in [-0.25, -0.2) is 15.0 Å². The Morgan fingerprint density at radius 3 is 2.76 bits per heavy atom. The van der Waals surface area contributed by atoms with Crippen LogP contribution in [0.1, 0.15) is 67.5 Å². The van der Waals surface area contributed by atoms with Crippen molar-refractivity contribution in [3.8, 4) is 6.07 Å². The largest absolute Gasteiger partial charge is 0.348 e. The molecule has 10 heteroatoms. The van der Waals surface area contributed by atoms with Crippen molar-refractivity contribution in [2.45, 2.75) is 64.5 Å². The first-order chi connectivity index (χ1) is 16.4. The Kier molecular flexibility index (Phi) is 8.08. The Morgan fingerprint density at radius 1 is 1.24 bits per heavy atom. The third kappa shape index (κ3) is 6.29. The third-order valence-corrected chi connectivity index (χ3v) is 7.40. The van der Waals surface area contributed by atoms with E-state index in [0.717, 1.165) is 57.6 Å². The lowest BCUT2D eigenvalue weighted by atomic mass is 9.94. The molecule has 2 fully saturated rings. The highest BCUT2D eigenvalue weighted by molar-refractivity contribution is 7.14. The number of hydrogen-bond acceptors (Lipinski definition) is 9. The van der Waals surface area contributed by atoms with Crippen molar-refractivity contribution in [1.29, 1.82) is 5.26 Å². The van der Waals surface area contributed by atoms with E-state index < -0.39 is 0 Å². The summed E-state index contributed by atoms with van der Waals surface area (Å²) in [5.41, 5.74) is 1.42. The van der Waals surface area contributed by atoms with Crippen molar-refractivity contribution >= 4 is 28.2 Å². The number of aromatic nitrogens is 3. The summed E-state index contributed by atoms with van der Waals surface area (Å²) >= 11 is 1.40. The average Bonchev–Trinajstić information content (AvgIpc) is 3.28. The number of likely N-dealkylation sites (tertiary alicyclic amines) is 2. The summed E-state index contributed by atoms with van der Waals surface area (Å²) in [6, 6.07) is 4.96. The monoisotopic (exact) mass is 482 g/mol. The maximum absolute atomic E-state index is 12.7. The van der Waals surface area contributed by atoms with Crippen LogP contribution in [-0.4, -0.2) is 75.5 Å². The van der Waals surface area contributed by atoms with Crippen LogP contribution in [0.2, 0.25) is 0 Å². The smallest absolute Gasteiger partial charge is 0.271 e. The van der Waals surface area contributed by atoms with E-state index in [9.17, 15) is 4.79 Å². The molecule has 2 N–H and O–H groups in total. The highest BCUT2D eigenvalue weighted by Crippen LogP contribution is 2.28. The fraction of sp³-hybridized carbons (Fsp3) is 0.625. The molecule has 2 aromatic heterocycles. The number of rotatable bonds is 7. The van der Waals surface area contributed by atoms with E-state index in [1.165, 1.54) is 11.3 Å². The molecule has 0 aliphatic carbocycles. The second-order valence-electron chi connectivity index (χ2n) is 9.50. The van der Waals surface area contributed by atoms with Crippen molar-refractivity contribution in [3.05, 3.63) is 28.7 Å². The van der Waals surface area contributed by atoms with Crippen molar-refractivity contribution < 1.29 is 4.79 Å². The SMILES string of the molecule is Cc1nc(Nc2nc(C(=O)NC3CCN(C(C)C)CC3)cs2)cc([C@H]2CCCN(CC#N)C2)n1. The van der Waals surface area contributed by atoms with E-state index in [1.807, 2.05) is 13.0 Å². The molecule has 2 aliphatic rings. The van der Waals surface area contributed by atoms with Gasteiger partial charge in [-0.05, 0) is 53.0 Å². The molecule has 0 unspecified atom stereocenters. The molecule has 1 amide bonds. The van der Waals surface area contributed by atoms with Gasteiger partial charge in [-0.1, -0.05) is 0 Å². The third-order valence-electron chi connectivity index (χ3n) is 6.64. The summed E-state index contributed by atoms with van der Waals surface area (Å²) in [6.07, 6.45) is 4.04. The Balaban J connectivity index is 1.36. The molecule has 4 heterocycles. The summed E-state index contributed by atoms with van der Waals surface area (Å²) in [6.45, 7) is 10.6. The average molecular weight is 483 g/mol. The van der Waals surface area contributed by atoms with Crippen molar-refractivity contribution in [2.24, 2.45) is 0 Å². The molecule has 0 spiro atoms. The van der Waals surface area contributed by atoms with Crippen molar-refractivity contribution in [1.82, 2.24) is 30.1 Å². The fourth-order valence-corrected chi connectivity index (χ4v) is 5.47. The summed E-state index contributed by atoms with van der Waals surface area (Å²) in [5.74, 6) is 1.54. The second-order valence-corrected chi connectivity index (χ2v) is 10.4. The summed E-state index contributed by atoms with van der Waals surface area (Å²) in [4.78, 5) is 31.0. The first-order valence-electron chi connectivity index (χ1n) is 12.1. The van der Waals surface area contributed by atoms with Gasteiger partial charge in [0, 0.05) is 49.1 Å². The molecule has 0 saturated carbocycles. The van der Waals surface area contributed by atoms with Crippen LogP contribution in [0.4, 0.5) is 10.9 Å². The van der Waals surface area contributed by atoms with Gasteiger partial charge in [0.05, 0.1) is 18.3 Å². The highest BCUT2D eigenvalue weighted by Gasteiger charge is 2.25. The molecule has 2 saturated heterocycles. The molecule has 9 nitrogen and oxygen atoms in total. The van der Waals surface area contributed by atoms with Gasteiger partial charge >= 0.3 is 0 Å². The number of carbonyl (C=O) groups is 1. The van der Waals surface area contributed by atoms with Gasteiger partial charge < -0.3 is 15.5 Å². The number of piperidine rings is 2. The fourth-order valence-electron chi connectivity index (χ4n) is 4.77. The lowest BCUT2D eigenvalue weighted by Gasteiger charge is -2.34. The predicted molar refractivity (Wildman–Crippen MR) is 133 cm³/mol. The van der Waals surface area contributed by atoms with Crippen LogP contribution in [0.25, 0.3) is 0 Å². The van der Waals surface area contributed by atoms with Crippen molar-refractivity contribution in [3.63, 3.8) is 0 Å². The molecule has 4 rings (SSSR count). The van der Waals surface area contributed by atoms with Gasteiger partial charge in [-0.3, -0.25) is 9.69 Å². The van der Waals surface area contributed by atoms with Crippen molar-refractivity contribution in [2.75, 3.05) is 38.0 Å². The van der Waals surface area contributed by atoms with E-state index in [4.69, 9.17) is 5.26 Å². The molecule has 2 aromatic rings. The van der Waals surface area contributed by atoms with Gasteiger partial charge in [-0.15, -0.1) is 11.3 Å². The zero-order valence-corrected chi connectivity index (χ0v) is 21.1. The van der Waals surface area contributed by atoms with E-state index in [0.29, 0.717) is 35.1 Å². The maximum atomic E-state index is 12.7. The van der Waals surface area contributed by atoms with Crippen LogP contribution in [0.15, 0.2) is 11.4 Å². The van der Waals surface area contributed by atoms with Crippen LogP contribution in [0, 0.1) is 18.3 Å². The number of thiazole rings is 1. The van der Waals surface area contributed by atoms with Gasteiger partial charge in [0.1, 0.15) is 17.3 Å². The van der Waals surface area contributed by atoms with E-state index >= 15 is 0 Å². The predicted octanol–water partition coefficient (Wildman–Crippen LogP) is 3.29. The Morgan fingerprint density at radius 2 is 2.03 bits per heavy atom. The van der Waals surface area contributed by atoms with Gasteiger partial charge in [0.25, 0.3) is 5.91 Å². The first kappa shape index (κ1) is 24.5. The molecule has 182 valence electrons. The Labute approximate surface area is 205 Å². The highest BCUT2D eigenvalue weighted by atomic mass is 32.1. The number of anilines is 2. The number of amides is 1. The molecule has 1 atom stereocenters. The quantitative estimate of drug-likeness (QED) is 0.579. The minimum Gasteiger partial charge on any atom is -0.348 e. The number of nitriles is 1. The number of nitrogens with zero attached hydrogens (tertiary/aromatic N) is 6. The summed E-state index contributed by atoms with van der Waals surface area (Å²) < 4.78 is 0. The minimum absolute atomic E-state index is 0.119. The molecule has 0 aromatic carbocycles. The lowest BCUT2D eigenvalue weighted by molar-refractivity contribution is 0.0896. The molecule has 34 heavy (non-hydrogen) atoms. The molecule has 0 radical (unpaired) electrons. The lowest BCUT2D eigenvalue weighted by Crippen LogP contribution is -2.46. The zero-order valence-electron chi connectivity index (χ0n) is 20.3. The summed E-state index contributed by atoms with van der Waals surface area (Å²) in [5, 5.41) is 17.9. The minimum atomic E-state index is -0.119. The van der Waals surface area contributed by atoms with Crippen LogP contribution in [-0.2, 0) is 0 Å². The number of nitrogens with one attached hydrogen (secondary N) is 2. The Hall–Kier alpha value is -2.61. The Bertz CT molecular complexity index is 1020. The second kappa shape index (κ2) is 11.2. The number of carbonyl (C=O) groups excluding carboxylic acids is 1. The zero-order chi connectivity index (χ0) is 24.1. The van der Waals surface area contributed by atoms with Crippen LogP contribution >= 0.6 is 11.3 Å². The maximum Gasteiger partial charge on any atom is 0.271 e. The van der Waals surface area contributed by atoms with E-state index in [2.05, 4.69) is 55.3 Å². The standard InChI is InChI=1S/C24H34N8OS/c1-16(2)32-10-6-19(7-11-32)28-23(33)21-15-34-24(29-21)30-22-13-20(26-17(3)27-22)18-5-4-9-31(14-18)12-8-25/h13,15-16,18-19H,4-7,9-12,14H2,1-3H3,(H,28,33)(H,26,27,29,30)/t18-/m0/s1. The van der Waals surface area contributed by atoms with Gasteiger partial charge in [0.2, 0.25) is 0 Å². The van der Waals surface area contributed by atoms with Crippen LogP contribution in [0.5, 0.6) is 0 Å². The summed E-state index contributed by atoms with van der Waals surface area (Å²) in [7, 11) is 0. The normalized spacial score (nSPS) is 20.3. The van der Waals surface area contributed by atoms with Gasteiger partial charge in [-0.2, -0.15) is 5.26 Å². The number of aryl methyl sites for hydroxylation is 1. The molecular weight excluding hydrogens is 448 g/mol. The topological polar surface area (TPSA) is 110 Å².